The van der Waals surface area contributed by atoms with Crippen LogP contribution in [0.15, 0.2) is 58.2 Å². The monoisotopic (exact) mass is 353 g/mol. The summed E-state index contributed by atoms with van der Waals surface area (Å²) >= 11 is 1.36. The lowest BCUT2D eigenvalue weighted by atomic mass is 10.0. The Labute approximate surface area is 150 Å². The second kappa shape index (κ2) is 7.98. The summed E-state index contributed by atoms with van der Waals surface area (Å²) in [5.74, 6) is 0.954. The van der Waals surface area contributed by atoms with Crippen molar-refractivity contribution in [3.63, 3.8) is 0 Å². The Kier molecular flexibility index (Phi) is 5.50. The molecule has 0 fully saturated rings. The van der Waals surface area contributed by atoms with E-state index in [1.165, 1.54) is 22.9 Å². The van der Waals surface area contributed by atoms with Crippen LogP contribution in [0.1, 0.15) is 16.9 Å². The Morgan fingerprint density at radius 2 is 2.00 bits per heavy atom. The molecule has 1 amide bonds. The second-order valence-corrected chi connectivity index (χ2v) is 6.70. The van der Waals surface area contributed by atoms with E-state index in [0.717, 1.165) is 22.0 Å². The standard InChI is InChI=1S/C19H19N3O2S/c1-13-5-6-15(10-14(13)2)17-7-8-19(22-21-17)25-12-18(23)20-11-16-4-3-9-24-16/h3-10H,11-12H2,1-2H3,(H,20,23). The van der Waals surface area contributed by atoms with Crippen LogP contribution in [-0.2, 0) is 11.3 Å². The van der Waals surface area contributed by atoms with Gasteiger partial charge in [-0.25, -0.2) is 0 Å². The normalized spacial score (nSPS) is 10.6. The van der Waals surface area contributed by atoms with Gasteiger partial charge in [-0.1, -0.05) is 23.9 Å². The second-order valence-electron chi connectivity index (χ2n) is 5.70. The molecule has 128 valence electrons. The van der Waals surface area contributed by atoms with Gasteiger partial charge in [0, 0.05) is 5.56 Å². The van der Waals surface area contributed by atoms with E-state index in [1.807, 2.05) is 24.3 Å². The van der Waals surface area contributed by atoms with Crippen molar-refractivity contribution in [2.45, 2.75) is 25.4 Å². The van der Waals surface area contributed by atoms with Gasteiger partial charge in [-0.2, -0.15) is 0 Å². The summed E-state index contributed by atoms with van der Waals surface area (Å²) in [6.07, 6.45) is 1.59. The molecule has 0 spiro atoms. The van der Waals surface area contributed by atoms with Crippen molar-refractivity contribution in [3.8, 4) is 11.3 Å². The Morgan fingerprint density at radius 3 is 2.68 bits per heavy atom. The van der Waals surface area contributed by atoms with Gasteiger partial charge < -0.3 is 9.73 Å². The molecule has 2 heterocycles. The van der Waals surface area contributed by atoms with Crippen molar-refractivity contribution < 1.29 is 9.21 Å². The van der Waals surface area contributed by atoms with Crippen molar-refractivity contribution >= 4 is 17.7 Å². The minimum Gasteiger partial charge on any atom is -0.467 e. The smallest absolute Gasteiger partial charge is 0.230 e. The number of carbonyl (C=O) groups excluding carboxylic acids is 1. The van der Waals surface area contributed by atoms with Gasteiger partial charge in [0.1, 0.15) is 10.8 Å². The zero-order valence-electron chi connectivity index (χ0n) is 14.2. The van der Waals surface area contributed by atoms with Gasteiger partial charge in [0.15, 0.2) is 0 Å². The molecule has 0 aliphatic heterocycles. The quantitative estimate of drug-likeness (QED) is 0.683. The minimum absolute atomic E-state index is 0.0681. The molecule has 3 rings (SSSR count). The lowest BCUT2D eigenvalue weighted by Gasteiger charge is -2.05. The maximum Gasteiger partial charge on any atom is 0.230 e. The van der Waals surface area contributed by atoms with E-state index < -0.39 is 0 Å². The molecular weight excluding hydrogens is 334 g/mol. The third-order valence-corrected chi connectivity index (χ3v) is 4.75. The average molecular weight is 353 g/mol. The zero-order valence-corrected chi connectivity index (χ0v) is 15.0. The number of benzene rings is 1. The number of nitrogens with one attached hydrogen (secondary N) is 1. The van der Waals surface area contributed by atoms with Gasteiger partial charge >= 0.3 is 0 Å². The number of furan rings is 1. The summed E-state index contributed by atoms with van der Waals surface area (Å²) < 4.78 is 5.17. The topological polar surface area (TPSA) is 68.0 Å². The lowest BCUT2D eigenvalue weighted by Crippen LogP contribution is -2.24. The molecule has 0 saturated heterocycles. The van der Waals surface area contributed by atoms with Crippen LogP contribution < -0.4 is 5.32 Å². The highest BCUT2D eigenvalue weighted by Crippen LogP contribution is 2.22. The maximum absolute atomic E-state index is 11.8. The maximum atomic E-state index is 11.8. The largest absolute Gasteiger partial charge is 0.467 e. The first-order chi connectivity index (χ1) is 12.1. The van der Waals surface area contributed by atoms with Crippen LogP contribution >= 0.6 is 11.8 Å². The molecule has 2 aromatic heterocycles. The number of nitrogens with zero attached hydrogens (tertiary/aromatic N) is 2. The molecule has 0 aliphatic rings. The first-order valence-electron chi connectivity index (χ1n) is 7.95. The Morgan fingerprint density at radius 1 is 1.12 bits per heavy atom. The van der Waals surface area contributed by atoms with Crippen LogP contribution in [0.4, 0.5) is 0 Å². The fraction of sp³-hybridized carbons (Fsp3) is 0.211. The van der Waals surface area contributed by atoms with Crippen molar-refractivity contribution in [2.75, 3.05) is 5.75 Å². The molecule has 0 bridgehead atoms. The van der Waals surface area contributed by atoms with Crippen molar-refractivity contribution in [1.82, 2.24) is 15.5 Å². The Balaban J connectivity index is 1.53. The predicted octanol–water partition coefficient (Wildman–Crippen LogP) is 3.76. The molecule has 0 atom stereocenters. The third-order valence-electron chi connectivity index (χ3n) is 3.83. The van der Waals surface area contributed by atoms with Crippen LogP contribution in [0, 0.1) is 13.8 Å². The molecular formula is C19H19N3O2S. The molecule has 3 aromatic rings. The fourth-order valence-corrected chi connectivity index (χ4v) is 2.88. The molecule has 0 aliphatic carbocycles. The van der Waals surface area contributed by atoms with Crippen LogP contribution in [-0.4, -0.2) is 21.9 Å². The van der Waals surface area contributed by atoms with Crippen molar-refractivity contribution in [3.05, 3.63) is 65.6 Å². The number of aryl methyl sites for hydroxylation is 2. The number of hydrogen-bond acceptors (Lipinski definition) is 5. The molecule has 1 aromatic carbocycles. The number of rotatable bonds is 6. The first kappa shape index (κ1) is 17.2. The summed E-state index contributed by atoms with van der Waals surface area (Å²) in [6, 6.07) is 13.7. The zero-order chi connectivity index (χ0) is 17.6. The summed E-state index contributed by atoms with van der Waals surface area (Å²) in [7, 11) is 0. The Hall–Kier alpha value is -2.60. The van der Waals surface area contributed by atoms with E-state index in [2.05, 4.69) is 41.5 Å². The highest BCUT2D eigenvalue weighted by molar-refractivity contribution is 7.99. The number of aromatic nitrogens is 2. The predicted molar refractivity (Wildman–Crippen MR) is 98.2 cm³/mol. The number of hydrogen-bond donors (Lipinski definition) is 1. The van der Waals surface area contributed by atoms with E-state index in [1.54, 1.807) is 12.3 Å². The Bertz CT molecular complexity index is 846. The van der Waals surface area contributed by atoms with Gasteiger partial charge in [0.05, 0.1) is 24.3 Å². The number of thioether (sulfide) groups is 1. The molecule has 0 radical (unpaired) electrons. The fourth-order valence-electron chi connectivity index (χ4n) is 2.24. The number of amides is 1. The van der Waals surface area contributed by atoms with Crippen LogP contribution in [0.25, 0.3) is 11.3 Å². The lowest BCUT2D eigenvalue weighted by molar-refractivity contribution is -0.118. The molecule has 1 N–H and O–H groups in total. The first-order valence-corrected chi connectivity index (χ1v) is 8.93. The summed E-state index contributed by atoms with van der Waals surface area (Å²) in [6.45, 7) is 4.56. The van der Waals surface area contributed by atoms with Crippen molar-refractivity contribution in [2.24, 2.45) is 0 Å². The molecule has 6 heteroatoms. The highest BCUT2D eigenvalue weighted by atomic mass is 32.2. The van der Waals surface area contributed by atoms with Gasteiger partial charge in [-0.15, -0.1) is 10.2 Å². The van der Waals surface area contributed by atoms with E-state index in [0.29, 0.717) is 12.3 Å². The summed E-state index contributed by atoms with van der Waals surface area (Å²) in [4.78, 5) is 11.8. The molecule has 25 heavy (non-hydrogen) atoms. The van der Waals surface area contributed by atoms with Gasteiger partial charge in [-0.05, 0) is 55.3 Å². The molecule has 0 saturated carbocycles. The van der Waals surface area contributed by atoms with E-state index >= 15 is 0 Å². The van der Waals surface area contributed by atoms with Crippen LogP contribution in [0.2, 0.25) is 0 Å². The van der Waals surface area contributed by atoms with Gasteiger partial charge in [0.25, 0.3) is 0 Å². The summed E-state index contributed by atoms with van der Waals surface area (Å²) in [5, 5.41) is 12.0. The van der Waals surface area contributed by atoms with E-state index in [4.69, 9.17) is 4.42 Å². The third kappa shape index (κ3) is 4.70. The van der Waals surface area contributed by atoms with Gasteiger partial charge in [0.2, 0.25) is 5.91 Å². The average Bonchev–Trinajstić information content (AvgIpc) is 3.14. The highest BCUT2D eigenvalue weighted by Gasteiger charge is 2.07. The van der Waals surface area contributed by atoms with Crippen LogP contribution in [0.5, 0.6) is 0 Å². The molecule has 5 nitrogen and oxygen atoms in total. The van der Waals surface area contributed by atoms with E-state index in [-0.39, 0.29) is 5.91 Å². The van der Waals surface area contributed by atoms with E-state index in [9.17, 15) is 4.79 Å². The SMILES string of the molecule is Cc1ccc(-c2ccc(SCC(=O)NCc3ccco3)nn2)cc1C. The summed E-state index contributed by atoms with van der Waals surface area (Å²) in [5.41, 5.74) is 4.36. The van der Waals surface area contributed by atoms with Gasteiger partial charge in [-0.3, -0.25) is 4.79 Å². The van der Waals surface area contributed by atoms with Crippen LogP contribution in [0.3, 0.4) is 0 Å². The van der Waals surface area contributed by atoms with Crippen molar-refractivity contribution in [1.29, 1.82) is 0 Å². The number of carbonyl (C=O) groups is 1. The molecule has 0 unspecified atom stereocenters. The minimum atomic E-state index is -0.0681.